The number of benzene rings is 1. The van der Waals surface area contributed by atoms with Crippen molar-refractivity contribution in [3.63, 3.8) is 0 Å². The van der Waals surface area contributed by atoms with Gasteiger partial charge in [0.2, 0.25) is 0 Å². The Morgan fingerprint density at radius 2 is 2.35 bits per heavy atom. The van der Waals surface area contributed by atoms with Crippen LogP contribution in [-0.4, -0.2) is 18.1 Å². The van der Waals surface area contributed by atoms with Crippen LogP contribution in [0, 0.1) is 12.3 Å². The highest BCUT2D eigenvalue weighted by Gasteiger charge is 2.07. The van der Waals surface area contributed by atoms with E-state index in [1.807, 2.05) is 0 Å². The predicted octanol–water partition coefficient (Wildman–Crippen LogP) is 3.86. The molecule has 0 aliphatic carbocycles. The van der Waals surface area contributed by atoms with E-state index in [4.69, 9.17) is 6.42 Å². The van der Waals surface area contributed by atoms with Crippen LogP contribution >= 0.6 is 27.7 Å². The van der Waals surface area contributed by atoms with E-state index in [1.54, 1.807) is 11.8 Å². The highest BCUT2D eigenvalue weighted by Crippen LogP contribution is 2.20. The van der Waals surface area contributed by atoms with Crippen LogP contribution in [0.3, 0.4) is 0 Å². The monoisotopic (exact) mass is 311 g/mol. The molecule has 0 fully saturated rings. The number of thioether (sulfide) groups is 1. The summed E-state index contributed by atoms with van der Waals surface area (Å²) in [6.07, 6.45) is 6.30. The number of hydrogen-bond donors (Lipinski definition) is 1. The molecule has 0 bridgehead atoms. The van der Waals surface area contributed by atoms with Gasteiger partial charge in [0.1, 0.15) is 0 Å². The second-order valence-electron chi connectivity index (χ2n) is 3.73. The molecule has 0 radical (unpaired) electrons. The maximum Gasteiger partial charge on any atom is 0.0545 e. The number of hydrogen-bond acceptors (Lipinski definition) is 2. The summed E-state index contributed by atoms with van der Waals surface area (Å²) in [5.74, 6) is 4.50. The summed E-state index contributed by atoms with van der Waals surface area (Å²) in [6.45, 7) is 3.20. The molecule has 0 heterocycles. The zero-order chi connectivity index (χ0) is 12.5. The first-order valence-electron chi connectivity index (χ1n) is 5.78. The molecule has 1 aromatic rings. The van der Waals surface area contributed by atoms with Gasteiger partial charge in [0.25, 0.3) is 0 Å². The molecule has 1 atom stereocenters. The van der Waals surface area contributed by atoms with Crippen LogP contribution in [0.2, 0.25) is 0 Å². The Morgan fingerprint density at radius 1 is 1.53 bits per heavy atom. The summed E-state index contributed by atoms with van der Waals surface area (Å²) in [4.78, 5) is 0. The van der Waals surface area contributed by atoms with Gasteiger partial charge in [-0.2, -0.15) is 0 Å². The molecule has 92 valence electrons. The summed E-state index contributed by atoms with van der Waals surface area (Å²) in [7, 11) is 0. The summed E-state index contributed by atoms with van der Waals surface area (Å²) >= 11 is 5.30. The van der Waals surface area contributed by atoms with Gasteiger partial charge in [-0.3, -0.25) is 0 Å². The number of terminal acetylenes is 1. The first-order valence-corrected chi connectivity index (χ1v) is 7.72. The highest BCUT2D eigenvalue weighted by atomic mass is 79.9. The summed E-state index contributed by atoms with van der Waals surface area (Å²) < 4.78 is 1.14. The Bertz CT molecular complexity index is 373. The molecule has 0 saturated heterocycles. The largest absolute Gasteiger partial charge is 0.309 e. The van der Waals surface area contributed by atoms with E-state index in [2.05, 4.69) is 58.4 Å². The van der Waals surface area contributed by atoms with Crippen LogP contribution in [0.4, 0.5) is 0 Å². The molecule has 0 aliphatic rings. The average molecular weight is 312 g/mol. The Hall–Kier alpha value is -0.430. The summed E-state index contributed by atoms with van der Waals surface area (Å²) in [5, 5.41) is 3.56. The zero-order valence-corrected chi connectivity index (χ0v) is 12.5. The van der Waals surface area contributed by atoms with Crippen LogP contribution in [0.5, 0.6) is 0 Å². The Morgan fingerprint density at radius 3 is 3.00 bits per heavy atom. The molecule has 0 amide bonds. The molecular formula is C14H18BrNS. The van der Waals surface area contributed by atoms with Gasteiger partial charge < -0.3 is 5.32 Å². The molecule has 0 aliphatic heterocycles. The molecule has 0 spiro atoms. The molecule has 1 nitrogen and oxygen atoms in total. The molecule has 1 unspecified atom stereocenters. The van der Waals surface area contributed by atoms with Crippen LogP contribution in [-0.2, 0) is 0 Å². The van der Waals surface area contributed by atoms with Crippen molar-refractivity contribution < 1.29 is 0 Å². The normalized spacial score (nSPS) is 12.1. The van der Waals surface area contributed by atoms with Gasteiger partial charge in [-0.25, -0.2) is 0 Å². The third kappa shape index (κ3) is 5.63. The van der Waals surface area contributed by atoms with E-state index >= 15 is 0 Å². The lowest BCUT2D eigenvalue weighted by molar-refractivity contribution is 0.539. The fourth-order valence-electron chi connectivity index (χ4n) is 1.66. The van der Waals surface area contributed by atoms with Crippen molar-refractivity contribution in [1.29, 1.82) is 0 Å². The Balaban J connectivity index is 2.41. The SMILES string of the molecule is C#CCSCCNC(CC)c1cccc(Br)c1. The number of halogens is 1. The lowest BCUT2D eigenvalue weighted by Crippen LogP contribution is -2.23. The second-order valence-corrected chi connectivity index (χ2v) is 5.75. The van der Waals surface area contributed by atoms with Gasteiger partial charge in [0, 0.05) is 22.8 Å². The van der Waals surface area contributed by atoms with Gasteiger partial charge in [-0.1, -0.05) is 40.9 Å². The molecule has 0 aromatic heterocycles. The van der Waals surface area contributed by atoms with Gasteiger partial charge in [0.05, 0.1) is 5.75 Å². The lowest BCUT2D eigenvalue weighted by Gasteiger charge is -2.17. The third-order valence-electron chi connectivity index (χ3n) is 2.48. The van der Waals surface area contributed by atoms with Crippen molar-refractivity contribution in [3.05, 3.63) is 34.3 Å². The zero-order valence-electron chi connectivity index (χ0n) is 10.1. The molecule has 1 N–H and O–H groups in total. The van der Waals surface area contributed by atoms with Crippen molar-refractivity contribution in [1.82, 2.24) is 5.32 Å². The maximum absolute atomic E-state index is 5.21. The van der Waals surface area contributed by atoms with Gasteiger partial charge in [-0.05, 0) is 24.1 Å². The first-order chi connectivity index (χ1) is 8.27. The van der Waals surface area contributed by atoms with Crippen LogP contribution < -0.4 is 5.32 Å². The maximum atomic E-state index is 5.21. The predicted molar refractivity (Wildman–Crippen MR) is 81.3 cm³/mol. The minimum atomic E-state index is 0.430. The first kappa shape index (κ1) is 14.6. The van der Waals surface area contributed by atoms with Gasteiger partial charge in [-0.15, -0.1) is 18.2 Å². The highest BCUT2D eigenvalue weighted by molar-refractivity contribution is 9.10. The molecule has 3 heteroatoms. The van der Waals surface area contributed by atoms with E-state index in [9.17, 15) is 0 Å². The van der Waals surface area contributed by atoms with E-state index in [-0.39, 0.29) is 0 Å². The van der Waals surface area contributed by atoms with Crippen LogP contribution in [0.1, 0.15) is 24.9 Å². The van der Waals surface area contributed by atoms with Crippen molar-refractivity contribution >= 4 is 27.7 Å². The number of nitrogens with one attached hydrogen (secondary N) is 1. The average Bonchev–Trinajstić information content (AvgIpc) is 2.34. The van der Waals surface area contributed by atoms with E-state index in [0.717, 1.165) is 28.9 Å². The minimum absolute atomic E-state index is 0.430. The van der Waals surface area contributed by atoms with E-state index in [1.165, 1.54) is 5.56 Å². The molecule has 1 aromatic carbocycles. The molecular weight excluding hydrogens is 294 g/mol. The quantitative estimate of drug-likeness (QED) is 0.606. The van der Waals surface area contributed by atoms with Crippen molar-refractivity contribution in [2.24, 2.45) is 0 Å². The van der Waals surface area contributed by atoms with E-state index < -0.39 is 0 Å². The summed E-state index contributed by atoms with van der Waals surface area (Å²) in [6, 6.07) is 8.91. The van der Waals surface area contributed by atoms with E-state index in [0.29, 0.717) is 6.04 Å². The fourth-order valence-corrected chi connectivity index (χ4v) is 2.60. The van der Waals surface area contributed by atoms with Crippen molar-refractivity contribution in [2.45, 2.75) is 19.4 Å². The van der Waals surface area contributed by atoms with Crippen molar-refractivity contribution in [2.75, 3.05) is 18.1 Å². The Labute approximate surface area is 117 Å². The van der Waals surface area contributed by atoms with Crippen molar-refractivity contribution in [3.8, 4) is 12.3 Å². The summed E-state index contributed by atoms with van der Waals surface area (Å²) in [5.41, 5.74) is 1.34. The van der Waals surface area contributed by atoms with Crippen LogP contribution in [0.25, 0.3) is 0 Å². The Kier molecular flexibility index (Phi) is 7.43. The standard InChI is InChI=1S/C14H18BrNS/c1-3-9-17-10-8-16-14(4-2)12-6-5-7-13(15)11-12/h1,5-7,11,14,16H,4,8-10H2,2H3. The smallest absolute Gasteiger partial charge is 0.0545 e. The van der Waals surface area contributed by atoms with Gasteiger partial charge in [0.15, 0.2) is 0 Å². The topological polar surface area (TPSA) is 12.0 Å². The molecule has 17 heavy (non-hydrogen) atoms. The lowest BCUT2D eigenvalue weighted by atomic mass is 10.1. The molecule has 1 rings (SSSR count). The second kappa shape index (κ2) is 8.63. The van der Waals surface area contributed by atoms with Crippen LogP contribution in [0.15, 0.2) is 28.7 Å². The molecule has 0 saturated carbocycles. The minimum Gasteiger partial charge on any atom is -0.309 e. The van der Waals surface area contributed by atoms with Gasteiger partial charge >= 0.3 is 0 Å². The third-order valence-corrected chi connectivity index (χ3v) is 3.84. The number of rotatable bonds is 7. The fraction of sp³-hybridized carbons (Fsp3) is 0.429.